The number of anilines is 1. The van der Waals surface area contributed by atoms with Crippen molar-refractivity contribution in [2.24, 2.45) is 17.3 Å². The van der Waals surface area contributed by atoms with Crippen LogP contribution in [0.25, 0.3) is 11.2 Å². The normalized spacial score (nSPS) is 25.2. The summed E-state index contributed by atoms with van der Waals surface area (Å²) >= 11 is 0. The molecule has 2 N–H and O–H groups in total. The number of imidazole rings is 1. The summed E-state index contributed by atoms with van der Waals surface area (Å²) in [5, 5.41) is 19.1. The summed E-state index contributed by atoms with van der Waals surface area (Å²) in [6.07, 6.45) is 9.93. The molecule has 154 valence electrons. The third-order valence-corrected chi connectivity index (χ3v) is 7.31. The molecule has 0 saturated heterocycles. The fraction of sp³-hybridized carbons (Fsp3) is 0.762. The fourth-order valence-corrected chi connectivity index (χ4v) is 5.14. The van der Waals surface area contributed by atoms with Gasteiger partial charge in [0.05, 0.1) is 19.5 Å². The van der Waals surface area contributed by atoms with Crippen LogP contribution in [-0.2, 0) is 0 Å². The molecular formula is C21H33N5O2. The van der Waals surface area contributed by atoms with E-state index in [1.165, 1.54) is 25.7 Å². The van der Waals surface area contributed by atoms with Crippen molar-refractivity contribution >= 4 is 17.0 Å². The van der Waals surface area contributed by atoms with Crippen molar-refractivity contribution in [1.29, 1.82) is 0 Å². The number of hydrogen-bond donors (Lipinski definition) is 2. The average molecular weight is 388 g/mol. The SMILES string of the molecule is CC(C)C1CCC(N(C)c2ncnc3c2ncn3C2CC(CO)(CO)C2)CC1. The highest BCUT2D eigenvalue weighted by Crippen LogP contribution is 2.48. The largest absolute Gasteiger partial charge is 0.396 e. The Labute approximate surface area is 166 Å². The molecule has 0 unspecified atom stereocenters. The highest BCUT2D eigenvalue weighted by molar-refractivity contribution is 5.83. The lowest BCUT2D eigenvalue weighted by atomic mass is 9.66. The number of fused-ring (bicyclic) bond motifs is 1. The van der Waals surface area contributed by atoms with E-state index >= 15 is 0 Å². The summed E-state index contributed by atoms with van der Waals surface area (Å²) in [5.74, 6) is 2.51. The van der Waals surface area contributed by atoms with Crippen molar-refractivity contribution in [1.82, 2.24) is 19.5 Å². The highest BCUT2D eigenvalue weighted by atomic mass is 16.3. The van der Waals surface area contributed by atoms with Crippen LogP contribution in [0.1, 0.15) is 58.4 Å². The topological polar surface area (TPSA) is 87.3 Å². The average Bonchev–Trinajstić information content (AvgIpc) is 3.11. The van der Waals surface area contributed by atoms with Crippen LogP contribution in [0.4, 0.5) is 5.82 Å². The van der Waals surface area contributed by atoms with Gasteiger partial charge in [-0.1, -0.05) is 13.8 Å². The summed E-state index contributed by atoms with van der Waals surface area (Å²) in [4.78, 5) is 16.0. The van der Waals surface area contributed by atoms with E-state index in [-0.39, 0.29) is 24.7 Å². The summed E-state index contributed by atoms with van der Waals surface area (Å²) in [6, 6.07) is 0.720. The van der Waals surface area contributed by atoms with Crippen LogP contribution < -0.4 is 4.90 Å². The number of aliphatic hydroxyl groups excluding tert-OH is 2. The molecule has 2 saturated carbocycles. The lowest BCUT2D eigenvalue weighted by Gasteiger charge is -2.45. The molecule has 0 radical (unpaired) electrons. The first-order valence-corrected chi connectivity index (χ1v) is 10.6. The van der Waals surface area contributed by atoms with E-state index in [9.17, 15) is 10.2 Å². The smallest absolute Gasteiger partial charge is 0.165 e. The molecule has 7 nitrogen and oxygen atoms in total. The Morgan fingerprint density at radius 3 is 2.39 bits per heavy atom. The van der Waals surface area contributed by atoms with Crippen LogP contribution in [0.15, 0.2) is 12.7 Å². The van der Waals surface area contributed by atoms with Crippen molar-refractivity contribution in [3.63, 3.8) is 0 Å². The minimum atomic E-state index is -0.358. The number of nitrogens with zero attached hydrogens (tertiary/aromatic N) is 5. The molecule has 0 aromatic carbocycles. The van der Waals surface area contributed by atoms with Crippen molar-refractivity contribution in [2.75, 3.05) is 25.2 Å². The van der Waals surface area contributed by atoms with Crippen LogP contribution in [0.5, 0.6) is 0 Å². The van der Waals surface area contributed by atoms with Crippen molar-refractivity contribution < 1.29 is 10.2 Å². The van der Waals surface area contributed by atoms with E-state index < -0.39 is 0 Å². The van der Waals surface area contributed by atoms with Gasteiger partial charge in [0.15, 0.2) is 17.0 Å². The van der Waals surface area contributed by atoms with Gasteiger partial charge in [-0.3, -0.25) is 0 Å². The molecule has 2 aromatic heterocycles. The van der Waals surface area contributed by atoms with E-state index in [1.807, 2.05) is 6.33 Å². The van der Waals surface area contributed by atoms with Gasteiger partial charge < -0.3 is 19.7 Å². The second-order valence-electron chi connectivity index (χ2n) is 9.32. The minimum Gasteiger partial charge on any atom is -0.396 e. The van der Waals surface area contributed by atoms with Crippen LogP contribution in [0.3, 0.4) is 0 Å². The molecule has 0 atom stereocenters. The predicted molar refractivity (Wildman–Crippen MR) is 109 cm³/mol. The summed E-state index contributed by atoms with van der Waals surface area (Å²) in [5.41, 5.74) is 1.34. The second kappa shape index (κ2) is 7.59. The Balaban J connectivity index is 1.53. The monoisotopic (exact) mass is 387 g/mol. The lowest BCUT2D eigenvalue weighted by molar-refractivity contribution is -0.0421. The van der Waals surface area contributed by atoms with Gasteiger partial charge in [0.1, 0.15) is 6.33 Å². The Bertz CT molecular complexity index is 800. The number of aromatic nitrogens is 4. The zero-order valence-corrected chi connectivity index (χ0v) is 17.3. The molecule has 0 amide bonds. The second-order valence-corrected chi connectivity index (χ2v) is 9.32. The quantitative estimate of drug-likeness (QED) is 0.792. The molecule has 2 aliphatic carbocycles. The Morgan fingerprint density at radius 2 is 1.79 bits per heavy atom. The number of rotatable bonds is 6. The van der Waals surface area contributed by atoms with Gasteiger partial charge in [-0.25, -0.2) is 15.0 Å². The van der Waals surface area contributed by atoms with E-state index in [4.69, 9.17) is 0 Å². The number of aliphatic hydroxyl groups is 2. The summed E-state index contributed by atoms with van der Waals surface area (Å²) in [6.45, 7) is 4.71. The predicted octanol–water partition coefficient (Wildman–Crippen LogP) is 2.78. The summed E-state index contributed by atoms with van der Waals surface area (Å²) in [7, 11) is 2.13. The first-order valence-electron chi connectivity index (χ1n) is 10.6. The van der Waals surface area contributed by atoms with E-state index in [2.05, 4.69) is 45.3 Å². The Morgan fingerprint density at radius 1 is 1.11 bits per heavy atom. The van der Waals surface area contributed by atoms with Gasteiger partial charge in [0, 0.05) is 24.5 Å². The first-order chi connectivity index (χ1) is 13.5. The Kier molecular flexibility index (Phi) is 5.31. The minimum absolute atomic E-state index is 0.0225. The lowest BCUT2D eigenvalue weighted by Crippen LogP contribution is -2.44. The molecule has 2 aromatic rings. The van der Waals surface area contributed by atoms with Gasteiger partial charge in [0.25, 0.3) is 0 Å². The van der Waals surface area contributed by atoms with Gasteiger partial charge >= 0.3 is 0 Å². The van der Waals surface area contributed by atoms with Gasteiger partial charge in [-0.15, -0.1) is 0 Å². The maximum Gasteiger partial charge on any atom is 0.165 e. The third kappa shape index (κ3) is 3.28. The van der Waals surface area contributed by atoms with Gasteiger partial charge in [0.2, 0.25) is 0 Å². The fourth-order valence-electron chi connectivity index (χ4n) is 5.14. The maximum atomic E-state index is 9.56. The van der Waals surface area contributed by atoms with Crippen molar-refractivity contribution in [2.45, 2.75) is 64.5 Å². The molecule has 2 fully saturated rings. The van der Waals surface area contributed by atoms with E-state index in [0.717, 1.165) is 41.7 Å². The van der Waals surface area contributed by atoms with Gasteiger partial charge in [-0.2, -0.15) is 0 Å². The van der Waals surface area contributed by atoms with Crippen molar-refractivity contribution in [3.05, 3.63) is 12.7 Å². The molecular weight excluding hydrogens is 354 g/mol. The van der Waals surface area contributed by atoms with Crippen LogP contribution >= 0.6 is 0 Å². The zero-order valence-electron chi connectivity index (χ0n) is 17.3. The van der Waals surface area contributed by atoms with Crippen LogP contribution in [0.2, 0.25) is 0 Å². The standard InChI is InChI=1S/C21H33N5O2/c1-14(2)15-4-6-16(7-5-15)25(3)19-18-20(23-12-22-19)26(13-24-18)17-8-21(9-17,10-27)11-28/h12-17,27-28H,4-11H2,1-3H3. The van der Waals surface area contributed by atoms with Gasteiger partial charge in [-0.05, 0) is 50.4 Å². The van der Waals surface area contributed by atoms with E-state index in [0.29, 0.717) is 6.04 Å². The highest BCUT2D eigenvalue weighted by Gasteiger charge is 2.45. The molecule has 7 heteroatoms. The summed E-state index contributed by atoms with van der Waals surface area (Å²) < 4.78 is 2.09. The third-order valence-electron chi connectivity index (χ3n) is 7.31. The molecule has 28 heavy (non-hydrogen) atoms. The molecule has 4 rings (SSSR count). The molecule has 2 heterocycles. The molecule has 0 aliphatic heterocycles. The van der Waals surface area contributed by atoms with Crippen molar-refractivity contribution in [3.8, 4) is 0 Å². The molecule has 0 spiro atoms. The van der Waals surface area contributed by atoms with E-state index in [1.54, 1.807) is 6.33 Å². The Hall–Kier alpha value is -1.73. The molecule has 0 bridgehead atoms. The van der Waals surface area contributed by atoms with Crippen LogP contribution in [-0.4, -0.2) is 56.0 Å². The van der Waals surface area contributed by atoms with Crippen LogP contribution in [0, 0.1) is 17.3 Å². The molecule has 2 aliphatic rings. The zero-order chi connectivity index (χ0) is 19.9. The first kappa shape index (κ1) is 19.6. The number of hydrogen-bond acceptors (Lipinski definition) is 6. The maximum absolute atomic E-state index is 9.56.